The minimum atomic E-state index is -1.62. The average Bonchev–Trinajstić information content (AvgIpc) is 2.78. The van der Waals surface area contributed by atoms with Gasteiger partial charge in [-0.1, -0.05) is 0 Å². The van der Waals surface area contributed by atoms with E-state index in [2.05, 4.69) is 0 Å². The number of aliphatic hydroxyl groups excluding tert-OH is 1. The van der Waals surface area contributed by atoms with E-state index in [1.807, 2.05) is 0 Å². The van der Waals surface area contributed by atoms with E-state index in [4.69, 9.17) is 5.11 Å². The fraction of sp³-hybridized carbons (Fsp3) is 0.636. The van der Waals surface area contributed by atoms with E-state index in [9.17, 15) is 19.8 Å². The number of ketones is 1. The lowest BCUT2D eigenvalue weighted by atomic mass is 10.0. The zero-order valence-corrected chi connectivity index (χ0v) is 9.51. The van der Waals surface area contributed by atoms with Crippen LogP contribution < -0.4 is 0 Å². The molecule has 0 amide bonds. The molecule has 94 valence electrons. The zero-order chi connectivity index (χ0) is 12.8. The largest absolute Gasteiger partial charge is 0.503 e. The Kier molecular flexibility index (Phi) is 2.61. The lowest BCUT2D eigenvalue weighted by molar-refractivity contribution is -0.141. The van der Waals surface area contributed by atoms with E-state index >= 15 is 0 Å². The van der Waals surface area contributed by atoms with Crippen molar-refractivity contribution in [2.75, 3.05) is 6.54 Å². The van der Waals surface area contributed by atoms with E-state index in [1.54, 1.807) is 0 Å². The van der Waals surface area contributed by atoms with E-state index in [-0.39, 0.29) is 12.1 Å². The smallest absolute Gasteiger partial charge is 0.326 e. The van der Waals surface area contributed by atoms with Gasteiger partial charge < -0.3 is 20.2 Å². The predicted molar refractivity (Wildman–Crippen MR) is 57.3 cm³/mol. The Morgan fingerprint density at radius 1 is 1.53 bits per heavy atom. The Hall–Kier alpha value is -1.56. The van der Waals surface area contributed by atoms with Crippen molar-refractivity contribution < 1.29 is 24.9 Å². The third kappa shape index (κ3) is 1.78. The monoisotopic (exact) mass is 241 g/mol. The van der Waals surface area contributed by atoms with Gasteiger partial charge in [0.25, 0.3) is 0 Å². The maximum absolute atomic E-state index is 11.5. The summed E-state index contributed by atoms with van der Waals surface area (Å²) in [6, 6.07) is -0.714. The van der Waals surface area contributed by atoms with Crippen LogP contribution in [0.5, 0.6) is 0 Å². The number of rotatable bonds is 2. The van der Waals surface area contributed by atoms with Gasteiger partial charge in [0.05, 0.1) is 5.70 Å². The summed E-state index contributed by atoms with van der Waals surface area (Å²) < 4.78 is 0. The van der Waals surface area contributed by atoms with Gasteiger partial charge in [0.1, 0.15) is 11.6 Å². The molecule has 17 heavy (non-hydrogen) atoms. The first kappa shape index (κ1) is 11.9. The summed E-state index contributed by atoms with van der Waals surface area (Å²) in [7, 11) is 0. The molecule has 0 aromatic heterocycles. The highest BCUT2D eigenvalue weighted by molar-refractivity contribution is 6.02. The van der Waals surface area contributed by atoms with Crippen LogP contribution in [0.15, 0.2) is 11.5 Å². The number of hydrogen-bond donors (Lipinski definition) is 3. The highest BCUT2D eigenvalue weighted by atomic mass is 16.4. The van der Waals surface area contributed by atoms with E-state index < -0.39 is 29.2 Å². The third-order valence-electron chi connectivity index (χ3n) is 3.37. The van der Waals surface area contributed by atoms with Crippen LogP contribution in [-0.4, -0.2) is 50.2 Å². The predicted octanol–water partition coefficient (Wildman–Crippen LogP) is 0.0288. The lowest BCUT2D eigenvalue weighted by Gasteiger charge is -2.25. The summed E-state index contributed by atoms with van der Waals surface area (Å²) in [6.07, 6.45) is 1.16. The third-order valence-corrected chi connectivity index (χ3v) is 3.37. The maximum atomic E-state index is 11.5. The van der Waals surface area contributed by atoms with Gasteiger partial charge in [-0.25, -0.2) is 4.79 Å². The van der Waals surface area contributed by atoms with Gasteiger partial charge in [-0.15, -0.1) is 0 Å². The number of Topliss-reactive ketones (excluding diaryl/α,β-unsaturated/α-hetero) is 1. The van der Waals surface area contributed by atoms with Gasteiger partial charge in [-0.05, 0) is 19.8 Å². The molecule has 6 nitrogen and oxygen atoms in total. The van der Waals surface area contributed by atoms with Crippen molar-refractivity contribution in [2.24, 2.45) is 0 Å². The number of aliphatic carboxylic acids is 1. The second-order valence-corrected chi connectivity index (χ2v) is 4.76. The van der Waals surface area contributed by atoms with Crippen LogP contribution in [0.4, 0.5) is 0 Å². The van der Waals surface area contributed by atoms with Crippen LogP contribution in [-0.2, 0) is 9.59 Å². The molecule has 0 radical (unpaired) electrons. The highest BCUT2D eigenvalue weighted by Gasteiger charge is 2.46. The molecule has 1 aliphatic carbocycles. The van der Waals surface area contributed by atoms with Crippen molar-refractivity contribution >= 4 is 11.8 Å². The molecule has 0 bridgehead atoms. The molecule has 1 heterocycles. The first-order valence-corrected chi connectivity index (χ1v) is 5.53. The quantitative estimate of drug-likeness (QED) is 0.631. The maximum Gasteiger partial charge on any atom is 0.326 e. The molecule has 1 fully saturated rings. The van der Waals surface area contributed by atoms with Crippen LogP contribution >= 0.6 is 0 Å². The van der Waals surface area contributed by atoms with E-state index in [0.29, 0.717) is 19.4 Å². The summed E-state index contributed by atoms with van der Waals surface area (Å²) in [6.45, 7) is 1.81. The van der Waals surface area contributed by atoms with Gasteiger partial charge in [-0.3, -0.25) is 4.79 Å². The molecule has 3 N–H and O–H groups in total. The average molecular weight is 241 g/mol. The Labute approximate surface area is 98.2 Å². The van der Waals surface area contributed by atoms with Crippen LogP contribution in [0.1, 0.15) is 26.2 Å². The minimum absolute atomic E-state index is 0.0263. The van der Waals surface area contributed by atoms with Crippen LogP contribution in [0.3, 0.4) is 0 Å². The van der Waals surface area contributed by atoms with Gasteiger partial charge in [0, 0.05) is 13.0 Å². The molecule has 0 spiro atoms. The number of carbonyl (C=O) groups is 2. The lowest BCUT2D eigenvalue weighted by Crippen LogP contribution is -2.36. The van der Waals surface area contributed by atoms with Crippen LogP contribution in [0.25, 0.3) is 0 Å². The Bertz CT molecular complexity index is 412. The number of likely N-dealkylation sites (tertiary alicyclic amines) is 1. The Balaban J connectivity index is 2.30. The van der Waals surface area contributed by atoms with E-state index in [0.717, 1.165) is 0 Å². The summed E-state index contributed by atoms with van der Waals surface area (Å²) >= 11 is 0. The molecule has 2 atom stereocenters. The normalized spacial score (nSPS) is 33.6. The fourth-order valence-electron chi connectivity index (χ4n) is 2.46. The van der Waals surface area contributed by atoms with Crippen LogP contribution in [0.2, 0.25) is 0 Å². The first-order valence-electron chi connectivity index (χ1n) is 5.53. The van der Waals surface area contributed by atoms with Crippen molar-refractivity contribution in [3.05, 3.63) is 11.5 Å². The summed E-state index contributed by atoms with van der Waals surface area (Å²) in [5.74, 6) is -2.20. The minimum Gasteiger partial charge on any atom is -0.503 e. The standard InChI is InChI=1S/C11H15NO5/c1-11(17)5-7(8(13)9(11)14)12-4-2-3-6(12)10(15)16/h6,13,17H,2-5H2,1H3,(H,15,16)/t6-,11?/m0/s1. The van der Waals surface area contributed by atoms with Crippen molar-refractivity contribution in [1.29, 1.82) is 0 Å². The molecule has 0 aromatic rings. The number of aliphatic hydroxyl groups is 2. The molecular weight excluding hydrogens is 226 g/mol. The zero-order valence-electron chi connectivity index (χ0n) is 9.51. The molecule has 0 aromatic carbocycles. The van der Waals surface area contributed by atoms with Gasteiger partial charge in [0.15, 0.2) is 5.76 Å². The molecule has 0 saturated carbocycles. The summed E-state index contributed by atoms with van der Waals surface area (Å²) in [4.78, 5) is 24.1. The number of carboxylic acid groups (broad SMARTS) is 1. The summed E-state index contributed by atoms with van der Waals surface area (Å²) in [5, 5.41) is 28.5. The van der Waals surface area contributed by atoms with Gasteiger partial charge in [-0.2, -0.15) is 0 Å². The topological polar surface area (TPSA) is 98.1 Å². The van der Waals surface area contributed by atoms with E-state index in [1.165, 1.54) is 11.8 Å². The molecular formula is C11H15NO5. The number of nitrogens with zero attached hydrogens (tertiary/aromatic N) is 1. The first-order chi connectivity index (χ1) is 7.84. The van der Waals surface area contributed by atoms with Gasteiger partial charge in [0.2, 0.25) is 5.78 Å². The second kappa shape index (κ2) is 3.73. The SMILES string of the molecule is CC1(O)CC(N2CCC[C@H]2C(=O)O)=C(O)C1=O. The molecule has 2 aliphatic rings. The number of carboxylic acids is 1. The Morgan fingerprint density at radius 2 is 2.18 bits per heavy atom. The van der Waals surface area contributed by atoms with Crippen molar-refractivity contribution in [3.8, 4) is 0 Å². The second-order valence-electron chi connectivity index (χ2n) is 4.76. The fourth-order valence-corrected chi connectivity index (χ4v) is 2.46. The Morgan fingerprint density at radius 3 is 2.65 bits per heavy atom. The molecule has 6 heteroatoms. The van der Waals surface area contributed by atoms with Gasteiger partial charge >= 0.3 is 5.97 Å². The summed E-state index contributed by atoms with van der Waals surface area (Å²) in [5.41, 5.74) is -1.37. The van der Waals surface area contributed by atoms with Crippen molar-refractivity contribution in [2.45, 2.75) is 37.8 Å². The number of carbonyl (C=O) groups excluding carboxylic acids is 1. The molecule has 1 unspecified atom stereocenters. The van der Waals surface area contributed by atoms with Crippen LogP contribution in [0, 0.1) is 0 Å². The highest BCUT2D eigenvalue weighted by Crippen LogP contribution is 2.36. The number of hydrogen-bond acceptors (Lipinski definition) is 5. The van der Waals surface area contributed by atoms with Crippen molar-refractivity contribution in [3.63, 3.8) is 0 Å². The van der Waals surface area contributed by atoms with Crippen molar-refractivity contribution in [1.82, 2.24) is 4.90 Å². The molecule has 2 rings (SSSR count). The molecule has 1 saturated heterocycles. The molecule has 1 aliphatic heterocycles.